The number of carbonyl (C=O) groups excluding carboxylic acids is 3. The summed E-state index contributed by atoms with van der Waals surface area (Å²) in [5.41, 5.74) is 4.50. The lowest BCUT2D eigenvalue weighted by Crippen LogP contribution is -2.51. The molecule has 1 aliphatic heterocycles. The quantitative estimate of drug-likeness (QED) is 0.336. The van der Waals surface area contributed by atoms with Crippen LogP contribution in [0.5, 0.6) is 11.5 Å². The van der Waals surface area contributed by atoms with Crippen molar-refractivity contribution in [1.29, 1.82) is 0 Å². The van der Waals surface area contributed by atoms with E-state index in [4.69, 9.17) is 10.5 Å². The molecule has 232 valence electrons. The van der Waals surface area contributed by atoms with Crippen molar-refractivity contribution in [2.75, 3.05) is 63.6 Å². The molecule has 5 rings (SSSR count). The molecule has 0 unspecified atom stereocenters. The number of nitrogens with one attached hydrogen (secondary N) is 1. The number of ether oxygens (including phenoxy) is 1. The Bertz CT molecular complexity index is 1520. The average molecular weight is 608 g/mol. The maximum atomic E-state index is 15.4. The summed E-state index contributed by atoms with van der Waals surface area (Å²) >= 11 is 0. The minimum atomic E-state index is -1.39. The van der Waals surface area contributed by atoms with Gasteiger partial charge in [-0.15, -0.1) is 0 Å². The molecule has 2 fully saturated rings. The van der Waals surface area contributed by atoms with Gasteiger partial charge in [-0.25, -0.2) is 18.6 Å². The first-order valence-electron chi connectivity index (χ1n) is 14.3. The number of amides is 4. The van der Waals surface area contributed by atoms with Crippen LogP contribution in [0.4, 0.5) is 30.8 Å². The number of aromatic nitrogens is 1. The van der Waals surface area contributed by atoms with Gasteiger partial charge in [0.05, 0.1) is 5.69 Å². The largest absolute Gasteiger partial charge is 0.454 e. The minimum Gasteiger partial charge on any atom is -0.454 e. The maximum absolute atomic E-state index is 15.4. The van der Waals surface area contributed by atoms with E-state index in [9.17, 15) is 18.8 Å². The van der Waals surface area contributed by atoms with Crippen LogP contribution in [0.15, 0.2) is 60.8 Å². The third-order valence-electron chi connectivity index (χ3n) is 7.81. The number of urea groups is 1. The van der Waals surface area contributed by atoms with Crippen molar-refractivity contribution >= 4 is 35.0 Å². The number of carbonyl (C=O) groups is 3. The number of hydrogen-bond donors (Lipinski definition) is 2. The maximum Gasteiger partial charge on any atom is 0.323 e. The van der Waals surface area contributed by atoms with Crippen molar-refractivity contribution in [3.8, 4) is 11.5 Å². The van der Waals surface area contributed by atoms with E-state index in [0.29, 0.717) is 13.1 Å². The number of primary amides is 1. The Balaban J connectivity index is 1.27. The van der Waals surface area contributed by atoms with Gasteiger partial charge in [-0.1, -0.05) is 0 Å². The second kappa shape index (κ2) is 12.9. The van der Waals surface area contributed by atoms with Crippen LogP contribution in [0.3, 0.4) is 0 Å². The first-order valence-corrected chi connectivity index (χ1v) is 14.3. The fourth-order valence-corrected chi connectivity index (χ4v) is 4.96. The fourth-order valence-electron chi connectivity index (χ4n) is 4.96. The molecule has 1 saturated heterocycles. The van der Waals surface area contributed by atoms with E-state index in [1.807, 2.05) is 14.1 Å². The van der Waals surface area contributed by atoms with Gasteiger partial charge in [-0.2, -0.15) is 0 Å². The summed E-state index contributed by atoms with van der Waals surface area (Å²) in [4.78, 5) is 49.9. The van der Waals surface area contributed by atoms with Gasteiger partial charge in [0.2, 0.25) is 11.8 Å². The Morgan fingerprint density at radius 2 is 1.66 bits per heavy atom. The number of likely N-dealkylation sites (N-methyl/N-ethyl adjacent to an activating group) is 1. The summed E-state index contributed by atoms with van der Waals surface area (Å²) in [6, 6.07) is 11.7. The number of piperazine rings is 1. The van der Waals surface area contributed by atoms with Gasteiger partial charge in [0.1, 0.15) is 22.8 Å². The molecule has 44 heavy (non-hydrogen) atoms. The van der Waals surface area contributed by atoms with Crippen LogP contribution in [-0.2, 0) is 9.59 Å². The molecule has 1 aromatic heterocycles. The Labute approximate surface area is 254 Å². The van der Waals surface area contributed by atoms with Crippen LogP contribution < -0.4 is 20.7 Å². The lowest BCUT2D eigenvalue weighted by Gasteiger charge is -2.35. The van der Waals surface area contributed by atoms with Gasteiger partial charge in [-0.3, -0.25) is 24.7 Å². The molecular formula is C31H35F2N7O4. The van der Waals surface area contributed by atoms with Gasteiger partial charge in [0, 0.05) is 63.3 Å². The number of pyridine rings is 1. The van der Waals surface area contributed by atoms with Gasteiger partial charge in [0.15, 0.2) is 11.6 Å². The molecule has 1 aliphatic carbocycles. The van der Waals surface area contributed by atoms with Gasteiger partial charge >= 0.3 is 6.03 Å². The van der Waals surface area contributed by atoms with Crippen LogP contribution >= 0.6 is 0 Å². The smallest absolute Gasteiger partial charge is 0.323 e. The topological polar surface area (TPSA) is 124 Å². The van der Waals surface area contributed by atoms with Crippen molar-refractivity contribution in [1.82, 2.24) is 19.7 Å². The van der Waals surface area contributed by atoms with Crippen LogP contribution in [0.1, 0.15) is 12.8 Å². The highest BCUT2D eigenvalue weighted by Gasteiger charge is 2.57. The summed E-state index contributed by atoms with van der Waals surface area (Å²) < 4.78 is 34.8. The molecule has 0 spiro atoms. The highest BCUT2D eigenvalue weighted by atomic mass is 19.1. The molecule has 0 bridgehead atoms. The summed E-state index contributed by atoms with van der Waals surface area (Å²) in [5, 5.41) is 2.77. The average Bonchev–Trinajstić information content (AvgIpc) is 3.82. The van der Waals surface area contributed by atoms with Crippen molar-refractivity contribution in [3.63, 3.8) is 0 Å². The van der Waals surface area contributed by atoms with E-state index in [1.165, 1.54) is 54.7 Å². The normalized spacial score (nSPS) is 16.0. The second-order valence-electron chi connectivity index (χ2n) is 11.2. The summed E-state index contributed by atoms with van der Waals surface area (Å²) in [7, 11) is 4.06. The van der Waals surface area contributed by atoms with Gasteiger partial charge < -0.3 is 20.3 Å². The number of benzene rings is 2. The lowest BCUT2D eigenvalue weighted by molar-refractivity contribution is -0.133. The number of nitrogens with two attached hydrogens (primary N) is 1. The fraction of sp³-hybridized carbons (Fsp3) is 0.355. The van der Waals surface area contributed by atoms with Crippen molar-refractivity contribution < 1.29 is 27.9 Å². The van der Waals surface area contributed by atoms with Gasteiger partial charge in [0.25, 0.3) is 0 Å². The molecule has 11 nitrogen and oxygen atoms in total. The number of hydrogen-bond acceptors (Lipinski definition) is 7. The molecular weight excluding hydrogens is 572 g/mol. The van der Waals surface area contributed by atoms with Crippen molar-refractivity contribution in [2.45, 2.75) is 12.8 Å². The van der Waals surface area contributed by atoms with Crippen LogP contribution in [0.25, 0.3) is 0 Å². The van der Waals surface area contributed by atoms with E-state index in [1.54, 1.807) is 4.90 Å². The highest BCUT2D eigenvalue weighted by molar-refractivity contribution is 6.16. The van der Waals surface area contributed by atoms with E-state index in [2.05, 4.69) is 20.1 Å². The summed E-state index contributed by atoms with van der Waals surface area (Å²) in [6.45, 7) is 4.63. The monoisotopic (exact) mass is 607 g/mol. The second-order valence-corrected chi connectivity index (χ2v) is 11.2. The SMILES string of the molecule is CN(C)CCN1CCN(C(=O)Nc2cc(Oc3ccc(N(C(=O)C4(C(N)=O)CC4)c4ccc(F)cc4)cc3F)ccn2)CC1. The Morgan fingerprint density at radius 3 is 2.27 bits per heavy atom. The number of halogens is 2. The molecule has 2 aromatic carbocycles. The molecule has 2 heterocycles. The first kappa shape index (κ1) is 30.8. The zero-order chi connectivity index (χ0) is 31.4. The molecule has 0 radical (unpaired) electrons. The predicted molar refractivity (Wildman–Crippen MR) is 161 cm³/mol. The molecule has 1 saturated carbocycles. The zero-order valence-corrected chi connectivity index (χ0v) is 24.6. The van der Waals surface area contributed by atoms with Gasteiger partial charge in [-0.05, 0) is 69.4 Å². The van der Waals surface area contributed by atoms with Crippen molar-refractivity contribution in [2.24, 2.45) is 11.1 Å². The van der Waals surface area contributed by atoms with Crippen LogP contribution in [0.2, 0.25) is 0 Å². The zero-order valence-electron chi connectivity index (χ0n) is 24.6. The Kier molecular flexibility index (Phi) is 9.06. The van der Waals surface area contributed by atoms with E-state index in [0.717, 1.165) is 37.1 Å². The molecule has 2 aliphatic rings. The molecule has 0 atom stereocenters. The molecule has 3 aromatic rings. The van der Waals surface area contributed by atoms with E-state index < -0.39 is 28.9 Å². The molecule has 4 amide bonds. The summed E-state index contributed by atoms with van der Waals surface area (Å²) in [5.74, 6) is -2.36. The third kappa shape index (κ3) is 6.95. The Hall–Kier alpha value is -4.62. The standard InChI is InChI=1S/C31H35F2N7O4/c1-37(2)13-14-38-15-17-39(18-16-38)30(43)36-27-20-24(9-12-35-27)44-26-8-7-23(19-25(26)33)40(22-5-3-21(32)4-6-22)29(42)31(10-11-31)28(34)41/h3-9,12,19-20H,10-11,13-18H2,1-2H3,(H2,34,41)(H,35,36,43). The van der Waals surface area contributed by atoms with Crippen molar-refractivity contribution in [3.05, 3.63) is 72.4 Å². The Morgan fingerprint density at radius 1 is 0.977 bits per heavy atom. The minimum absolute atomic E-state index is 0.114. The predicted octanol–water partition coefficient (Wildman–Crippen LogP) is 3.79. The number of anilines is 3. The number of rotatable bonds is 10. The highest BCUT2D eigenvalue weighted by Crippen LogP contribution is 2.49. The molecule has 3 N–H and O–H groups in total. The van der Waals surface area contributed by atoms with E-state index in [-0.39, 0.29) is 47.6 Å². The summed E-state index contributed by atoms with van der Waals surface area (Å²) in [6.07, 6.45) is 1.98. The lowest BCUT2D eigenvalue weighted by atomic mass is 10.0. The first-order chi connectivity index (χ1) is 21.1. The third-order valence-corrected chi connectivity index (χ3v) is 7.81. The van der Waals surface area contributed by atoms with Crippen LogP contribution in [-0.4, -0.2) is 90.9 Å². The number of nitrogens with zero attached hydrogens (tertiary/aromatic N) is 5. The van der Waals surface area contributed by atoms with E-state index >= 15 is 4.39 Å². The van der Waals surface area contributed by atoms with Crippen LogP contribution in [0, 0.1) is 17.0 Å². The molecule has 13 heteroatoms.